The SMILES string of the molecule is Cc1ncc(C#N)nc1-c1cccc(Cl)c1Cl. The van der Waals surface area contributed by atoms with Gasteiger partial charge in [-0.2, -0.15) is 5.26 Å². The molecule has 0 bridgehead atoms. The van der Waals surface area contributed by atoms with Crippen molar-refractivity contribution in [2.24, 2.45) is 0 Å². The molecule has 0 saturated carbocycles. The molecule has 2 aromatic rings. The van der Waals surface area contributed by atoms with Gasteiger partial charge in [0.05, 0.1) is 27.6 Å². The van der Waals surface area contributed by atoms with Gasteiger partial charge >= 0.3 is 0 Å². The van der Waals surface area contributed by atoms with E-state index in [2.05, 4.69) is 9.97 Å². The van der Waals surface area contributed by atoms with Gasteiger partial charge in [0.25, 0.3) is 0 Å². The van der Waals surface area contributed by atoms with Crippen LogP contribution in [0.15, 0.2) is 24.4 Å². The van der Waals surface area contributed by atoms with Crippen LogP contribution in [0.3, 0.4) is 0 Å². The van der Waals surface area contributed by atoms with Crippen molar-refractivity contribution < 1.29 is 0 Å². The van der Waals surface area contributed by atoms with Gasteiger partial charge in [-0.3, -0.25) is 4.98 Å². The van der Waals surface area contributed by atoms with Gasteiger partial charge in [-0.15, -0.1) is 0 Å². The van der Waals surface area contributed by atoms with Gasteiger partial charge < -0.3 is 0 Å². The molecule has 1 aromatic heterocycles. The second-order valence-electron chi connectivity index (χ2n) is 3.40. The van der Waals surface area contributed by atoms with Crippen molar-refractivity contribution in [3.05, 3.63) is 45.8 Å². The van der Waals surface area contributed by atoms with Crippen LogP contribution in [0.2, 0.25) is 10.0 Å². The maximum Gasteiger partial charge on any atom is 0.159 e. The summed E-state index contributed by atoms with van der Waals surface area (Å²) in [7, 11) is 0. The standard InChI is InChI=1S/C12H7Cl2N3/c1-7-12(17-8(5-15)6-16-7)9-3-2-4-10(13)11(9)14/h2-4,6H,1H3. The Kier molecular flexibility index (Phi) is 3.28. The van der Waals surface area contributed by atoms with Gasteiger partial charge in [-0.25, -0.2) is 4.98 Å². The van der Waals surface area contributed by atoms with Crippen LogP contribution in [0.4, 0.5) is 0 Å². The van der Waals surface area contributed by atoms with Gasteiger partial charge in [0.2, 0.25) is 0 Å². The molecule has 0 N–H and O–H groups in total. The van der Waals surface area contributed by atoms with Crippen LogP contribution in [-0.2, 0) is 0 Å². The van der Waals surface area contributed by atoms with E-state index in [9.17, 15) is 0 Å². The molecule has 0 aliphatic carbocycles. The molecular weight excluding hydrogens is 257 g/mol. The van der Waals surface area contributed by atoms with Gasteiger partial charge in [0, 0.05) is 5.56 Å². The maximum absolute atomic E-state index is 8.81. The Bertz CT molecular complexity index is 618. The zero-order valence-corrected chi connectivity index (χ0v) is 10.4. The summed E-state index contributed by atoms with van der Waals surface area (Å²) in [6, 6.07) is 7.23. The highest BCUT2D eigenvalue weighted by Crippen LogP contribution is 2.33. The molecule has 0 aliphatic rings. The quantitative estimate of drug-likeness (QED) is 0.790. The van der Waals surface area contributed by atoms with Crippen molar-refractivity contribution in [1.29, 1.82) is 5.26 Å². The third kappa shape index (κ3) is 2.23. The molecule has 0 radical (unpaired) electrons. The Morgan fingerprint density at radius 3 is 2.76 bits per heavy atom. The molecule has 1 heterocycles. The molecular formula is C12H7Cl2N3. The molecule has 2 rings (SSSR count). The predicted molar refractivity (Wildman–Crippen MR) is 66.9 cm³/mol. The number of aryl methyl sites for hydroxylation is 1. The fourth-order valence-electron chi connectivity index (χ4n) is 1.45. The van der Waals surface area contributed by atoms with Crippen molar-refractivity contribution in [3.63, 3.8) is 0 Å². The lowest BCUT2D eigenvalue weighted by Crippen LogP contribution is -1.95. The first-order valence-electron chi connectivity index (χ1n) is 4.81. The van der Waals surface area contributed by atoms with Gasteiger partial charge in [-0.1, -0.05) is 35.3 Å². The zero-order valence-electron chi connectivity index (χ0n) is 8.91. The van der Waals surface area contributed by atoms with Crippen LogP contribution in [0.25, 0.3) is 11.3 Å². The number of hydrogen-bond donors (Lipinski definition) is 0. The molecule has 1 aromatic carbocycles. The summed E-state index contributed by atoms with van der Waals surface area (Å²) >= 11 is 12.1. The number of hydrogen-bond acceptors (Lipinski definition) is 3. The molecule has 5 heteroatoms. The number of benzene rings is 1. The van der Waals surface area contributed by atoms with Crippen LogP contribution in [0.5, 0.6) is 0 Å². The highest BCUT2D eigenvalue weighted by molar-refractivity contribution is 6.43. The Morgan fingerprint density at radius 1 is 1.29 bits per heavy atom. The topological polar surface area (TPSA) is 49.6 Å². The number of nitrogens with zero attached hydrogens (tertiary/aromatic N) is 3. The fourth-order valence-corrected chi connectivity index (χ4v) is 1.84. The highest BCUT2D eigenvalue weighted by atomic mass is 35.5. The average Bonchev–Trinajstić information content (AvgIpc) is 2.34. The third-order valence-corrected chi connectivity index (χ3v) is 3.10. The van der Waals surface area contributed by atoms with E-state index in [1.165, 1.54) is 6.20 Å². The van der Waals surface area contributed by atoms with E-state index >= 15 is 0 Å². The van der Waals surface area contributed by atoms with E-state index in [4.69, 9.17) is 28.5 Å². The van der Waals surface area contributed by atoms with Crippen molar-refractivity contribution in [3.8, 4) is 17.3 Å². The summed E-state index contributed by atoms with van der Waals surface area (Å²) in [6.07, 6.45) is 1.43. The molecule has 0 amide bonds. The Morgan fingerprint density at radius 2 is 2.06 bits per heavy atom. The molecule has 0 aliphatic heterocycles. The largest absolute Gasteiger partial charge is 0.256 e. The van der Waals surface area contributed by atoms with E-state index in [0.29, 0.717) is 27.0 Å². The molecule has 0 fully saturated rings. The molecule has 84 valence electrons. The molecule has 0 saturated heterocycles. The van der Waals surface area contributed by atoms with E-state index < -0.39 is 0 Å². The first-order chi connectivity index (χ1) is 8.13. The predicted octanol–water partition coefficient (Wildman–Crippen LogP) is 3.63. The van der Waals surface area contributed by atoms with Crippen LogP contribution >= 0.6 is 23.2 Å². The minimum absolute atomic E-state index is 0.252. The van der Waals surface area contributed by atoms with E-state index in [1.54, 1.807) is 25.1 Å². The molecule has 0 unspecified atom stereocenters. The minimum Gasteiger partial charge on any atom is -0.256 e. The normalized spacial score (nSPS) is 10.0. The van der Waals surface area contributed by atoms with E-state index in [-0.39, 0.29) is 5.69 Å². The van der Waals surface area contributed by atoms with Crippen LogP contribution in [0, 0.1) is 18.3 Å². The molecule has 3 nitrogen and oxygen atoms in total. The lowest BCUT2D eigenvalue weighted by Gasteiger charge is -2.07. The van der Waals surface area contributed by atoms with Crippen LogP contribution in [-0.4, -0.2) is 9.97 Å². The van der Waals surface area contributed by atoms with Crippen molar-refractivity contribution >= 4 is 23.2 Å². The number of halogens is 2. The first-order valence-corrected chi connectivity index (χ1v) is 5.57. The summed E-state index contributed by atoms with van der Waals surface area (Å²) in [6.45, 7) is 1.81. The fraction of sp³-hybridized carbons (Fsp3) is 0.0833. The van der Waals surface area contributed by atoms with Crippen LogP contribution < -0.4 is 0 Å². The summed E-state index contributed by atoms with van der Waals surface area (Å²) in [5.74, 6) is 0. The Balaban J connectivity index is 2.68. The van der Waals surface area contributed by atoms with Crippen molar-refractivity contribution in [1.82, 2.24) is 9.97 Å². The van der Waals surface area contributed by atoms with Crippen molar-refractivity contribution in [2.75, 3.05) is 0 Å². The summed E-state index contributed by atoms with van der Waals surface area (Å²) in [5, 5.41) is 9.68. The smallest absolute Gasteiger partial charge is 0.159 e. The monoisotopic (exact) mass is 263 g/mol. The maximum atomic E-state index is 8.81. The van der Waals surface area contributed by atoms with Gasteiger partial charge in [0.15, 0.2) is 5.69 Å². The van der Waals surface area contributed by atoms with Crippen molar-refractivity contribution in [2.45, 2.75) is 6.92 Å². The highest BCUT2D eigenvalue weighted by Gasteiger charge is 2.12. The third-order valence-electron chi connectivity index (χ3n) is 2.28. The number of nitriles is 1. The van der Waals surface area contributed by atoms with E-state index in [1.807, 2.05) is 6.07 Å². The summed E-state index contributed by atoms with van der Waals surface area (Å²) in [5.41, 5.74) is 2.22. The molecule has 0 spiro atoms. The summed E-state index contributed by atoms with van der Waals surface area (Å²) < 4.78 is 0. The Hall–Kier alpha value is -1.63. The second-order valence-corrected chi connectivity index (χ2v) is 4.19. The summed E-state index contributed by atoms with van der Waals surface area (Å²) in [4.78, 5) is 8.31. The average molecular weight is 264 g/mol. The van der Waals surface area contributed by atoms with Gasteiger partial charge in [0.1, 0.15) is 6.07 Å². The van der Waals surface area contributed by atoms with Crippen LogP contribution in [0.1, 0.15) is 11.4 Å². The number of rotatable bonds is 1. The lowest BCUT2D eigenvalue weighted by atomic mass is 10.1. The second kappa shape index (κ2) is 4.70. The molecule has 0 atom stereocenters. The van der Waals surface area contributed by atoms with Gasteiger partial charge in [-0.05, 0) is 13.0 Å². The Labute approximate surface area is 109 Å². The minimum atomic E-state index is 0.252. The molecule has 17 heavy (non-hydrogen) atoms. The number of aromatic nitrogens is 2. The first kappa shape index (κ1) is 11.8. The lowest BCUT2D eigenvalue weighted by molar-refractivity contribution is 1.10. The van der Waals surface area contributed by atoms with E-state index in [0.717, 1.165) is 0 Å². The zero-order chi connectivity index (χ0) is 12.4.